The Bertz CT molecular complexity index is 464. The third-order valence-electron chi connectivity index (χ3n) is 2.87. The van der Waals surface area contributed by atoms with Gasteiger partial charge in [-0.2, -0.15) is 0 Å². The number of likely N-dealkylation sites (N-methyl/N-ethyl adjacent to an activating group) is 1. The van der Waals surface area contributed by atoms with Crippen LogP contribution in [0.2, 0.25) is 0 Å². The van der Waals surface area contributed by atoms with Crippen LogP contribution in [0.1, 0.15) is 6.42 Å². The summed E-state index contributed by atoms with van der Waals surface area (Å²) >= 11 is 0. The van der Waals surface area contributed by atoms with Crippen LogP contribution in [0.3, 0.4) is 0 Å². The number of hydrogen-bond acceptors (Lipinski definition) is 3. The smallest absolute Gasteiger partial charge is 0.244 e. The Balaban J connectivity index is 2.25. The average Bonchev–Trinajstić information content (AvgIpc) is 2.61. The molecule has 0 radical (unpaired) electrons. The van der Waals surface area contributed by atoms with Gasteiger partial charge in [-0.25, -0.2) is 8.78 Å². The van der Waals surface area contributed by atoms with Crippen molar-refractivity contribution in [3.8, 4) is 0 Å². The monoisotopic (exact) mass is 241 g/mol. The molecular formula is C11H13F2N3O. The molecule has 1 saturated heterocycles. The van der Waals surface area contributed by atoms with Crippen molar-refractivity contribution in [2.24, 2.45) is 0 Å². The molecule has 1 fully saturated rings. The molecule has 1 aromatic carbocycles. The number of hydrogen-bond donors (Lipinski definition) is 2. The summed E-state index contributed by atoms with van der Waals surface area (Å²) in [6.07, 6.45) is 0.546. The van der Waals surface area contributed by atoms with Crippen molar-refractivity contribution in [2.45, 2.75) is 12.5 Å². The molecule has 1 heterocycles. The number of carbonyl (C=O) groups excluding carboxylic acids is 1. The van der Waals surface area contributed by atoms with Gasteiger partial charge in [-0.1, -0.05) is 0 Å². The van der Waals surface area contributed by atoms with E-state index >= 15 is 0 Å². The van der Waals surface area contributed by atoms with Crippen LogP contribution in [-0.2, 0) is 4.79 Å². The maximum atomic E-state index is 13.5. The Morgan fingerprint density at radius 2 is 2.18 bits per heavy atom. The topological polar surface area (TPSA) is 58.4 Å². The van der Waals surface area contributed by atoms with Crippen LogP contribution in [0, 0.1) is 11.6 Å². The summed E-state index contributed by atoms with van der Waals surface area (Å²) < 4.78 is 26.5. The van der Waals surface area contributed by atoms with Gasteiger partial charge in [0.25, 0.3) is 0 Å². The lowest BCUT2D eigenvalue weighted by Gasteiger charge is -2.15. The van der Waals surface area contributed by atoms with Gasteiger partial charge in [-0.15, -0.1) is 0 Å². The van der Waals surface area contributed by atoms with E-state index < -0.39 is 17.7 Å². The molecule has 3 N–H and O–H groups in total. The first kappa shape index (κ1) is 11.6. The third kappa shape index (κ3) is 2.02. The predicted molar refractivity (Wildman–Crippen MR) is 60.4 cm³/mol. The van der Waals surface area contributed by atoms with E-state index in [0.29, 0.717) is 13.0 Å². The van der Waals surface area contributed by atoms with E-state index in [1.54, 1.807) is 7.05 Å². The molecule has 0 saturated carbocycles. The first-order chi connectivity index (χ1) is 8.00. The SMILES string of the molecule is CN1CCC(Nc2c(N)ccc(F)c2F)C1=O. The number of benzene rings is 1. The lowest BCUT2D eigenvalue weighted by molar-refractivity contribution is -0.127. The second-order valence-corrected chi connectivity index (χ2v) is 4.07. The maximum absolute atomic E-state index is 13.5. The molecule has 0 bridgehead atoms. The minimum Gasteiger partial charge on any atom is -0.397 e. The summed E-state index contributed by atoms with van der Waals surface area (Å²) in [4.78, 5) is 13.2. The van der Waals surface area contributed by atoms with Crippen molar-refractivity contribution in [2.75, 3.05) is 24.6 Å². The average molecular weight is 241 g/mol. The van der Waals surface area contributed by atoms with Crippen LogP contribution in [-0.4, -0.2) is 30.4 Å². The predicted octanol–water partition coefficient (Wildman–Crippen LogP) is 1.19. The number of nitrogens with zero attached hydrogens (tertiary/aromatic N) is 1. The van der Waals surface area contributed by atoms with Gasteiger partial charge in [-0.05, 0) is 18.6 Å². The Hall–Kier alpha value is -1.85. The number of rotatable bonds is 2. The van der Waals surface area contributed by atoms with Gasteiger partial charge >= 0.3 is 0 Å². The minimum absolute atomic E-state index is 0.0891. The van der Waals surface area contributed by atoms with Crippen molar-refractivity contribution in [3.63, 3.8) is 0 Å². The molecule has 1 unspecified atom stereocenters. The zero-order valence-electron chi connectivity index (χ0n) is 9.34. The normalized spacial score (nSPS) is 19.8. The van der Waals surface area contributed by atoms with Crippen LogP contribution in [0.15, 0.2) is 12.1 Å². The summed E-state index contributed by atoms with van der Waals surface area (Å²) in [5, 5.41) is 2.67. The molecule has 1 aliphatic heterocycles. The minimum atomic E-state index is -1.05. The fourth-order valence-corrected chi connectivity index (χ4v) is 1.84. The zero-order chi connectivity index (χ0) is 12.6. The number of carbonyl (C=O) groups is 1. The molecule has 1 aromatic rings. The van der Waals surface area contributed by atoms with Gasteiger partial charge in [-0.3, -0.25) is 4.79 Å². The molecule has 6 heteroatoms. The molecule has 1 aliphatic rings. The van der Waals surface area contributed by atoms with Gasteiger partial charge in [0, 0.05) is 13.6 Å². The van der Waals surface area contributed by atoms with E-state index in [1.807, 2.05) is 0 Å². The van der Waals surface area contributed by atoms with E-state index in [-0.39, 0.29) is 17.3 Å². The van der Waals surface area contributed by atoms with Crippen LogP contribution in [0.4, 0.5) is 20.2 Å². The number of likely N-dealkylation sites (tertiary alicyclic amines) is 1. The van der Waals surface area contributed by atoms with E-state index in [0.717, 1.165) is 6.07 Å². The molecule has 4 nitrogen and oxygen atoms in total. The molecule has 2 rings (SSSR count). The summed E-state index contributed by atoms with van der Waals surface area (Å²) in [6, 6.07) is 1.68. The van der Waals surface area contributed by atoms with Gasteiger partial charge in [0.2, 0.25) is 5.91 Å². The second kappa shape index (κ2) is 4.20. The number of nitrogens with two attached hydrogens (primary N) is 1. The molecule has 92 valence electrons. The number of nitrogens with one attached hydrogen (secondary N) is 1. The molecule has 1 atom stereocenters. The number of halogens is 2. The van der Waals surface area contributed by atoms with Crippen LogP contribution < -0.4 is 11.1 Å². The first-order valence-corrected chi connectivity index (χ1v) is 5.25. The van der Waals surface area contributed by atoms with Crippen LogP contribution >= 0.6 is 0 Å². The Morgan fingerprint density at radius 1 is 1.47 bits per heavy atom. The molecule has 17 heavy (non-hydrogen) atoms. The standard InChI is InChI=1S/C11H13F2N3O/c1-16-5-4-8(11(16)17)15-10-7(14)3-2-6(12)9(10)13/h2-3,8,15H,4-5,14H2,1H3. The largest absolute Gasteiger partial charge is 0.397 e. The van der Waals surface area contributed by atoms with Crippen molar-refractivity contribution in [1.82, 2.24) is 4.90 Å². The molecule has 0 aliphatic carbocycles. The third-order valence-corrected chi connectivity index (χ3v) is 2.87. The van der Waals surface area contributed by atoms with Crippen LogP contribution in [0.25, 0.3) is 0 Å². The highest BCUT2D eigenvalue weighted by Crippen LogP contribution is 2.27. The fourth-order valence-electron chi connectivity index (χ4n) is 1.84. The summed E-state index contributed by atoms with van der Waals surface area (Å²) in [5.41, 5.74) is 5.50. The summed E-state index contributed by atoms with van der Waals surface area (Å²) in [6.45, 7) is 0.591. The van der Waals surface area contributed by atoms with Crippen molar-refractivity contribution >= 4 is 17.3 Å². The number of nitrogen functional groups attached to an aromatic ring is 1. The highest BCUT2D eigenvalue weighted by Gasteiger charge is 2.30. The quantitative estimate of drug-likeness (QED) is 0.765. The van der Waals surface area contributed by atoms with E-state index in [9.17, 15) is 13.6 Å². The Morgan fingerprint density at radius 3 is 2.76 bits per heavy atom. The molecule has 0 spiro atoms. The van der Waals surface area contributed by atoms with E-state index in [1.165, 1.54) is 11.0 Å². The number of amides is 1. The molecule has 1 amide bonds. The Kier molecular flexibility index (Phi) is 2.87. The van der Waals surface area contributed by atoms with Crippen molar-refractivity contribution in [1.29, 1.82) is 0 Å². The Labute approximate surface area is 97.4 Å². The number of anilines is 2. The highest BCUT2D eigenvalue weighted by atomic mass is 19.2. The lowest BCUT2D eigenvalue weighted by Crippen LogP contribution is -2.31. The van der Waals surface area contributed by atoms with E-state index in [2.05, 4.69) is 5.32 Å². The first-order valence-electron chi connectivity index (χ1n) is 5.25. The lowest BCUT2D eigenvalue weighted by atomic mass is 10.2. The van der Waals surface area contributed by atoms with Gasteiger partial charge in [0.15, 0.2) is 11.6 Å². The van der Waals surface area contributed by atoms with Gasteiger partial charge in [0.1, 0.15) is 6.04 Å². The molecular weight excluding hydrogens is 228 g/mol. The maximum Gasteiger partial charge on any atom is 0.244 e. The summed E-state index contributed by atoms with van der Waals surface area (Å²) in [7, 11) is 1.66. The molecule has 0 aromatic heterocycles. The van der Waals surface area contributed by atoms with E-state index in [4.69, 9.17) is 5.73 Å². The van der Waals surface area contributed by atoms with Crippen LogP contribution in [0.5, 0.6) is 0 Å². The second-order valence-electron chi connectivity index (χ2n) is 4.07. The van der Waals surface area contributed by atoms with Gasteiger partial charge < -0.3 is 16.0 Å². The van der Waals surface area contributed by atoms with Gasteiger partial charge in [0.05, 0.1) is 11.4 Å². The van der Waals surface area contributed by atoms with Crippen molar-refractivity contribution < 1.29 is 13.6 Å². The zero-order valence-corrected chi connectivity index (χ0v) is 9.34. The summed E-state index contributed by atoms with van der Waals surface area (Å²) in [5.74, 6) is -2.18. The highest BCUT2D eigenvalue weighted by molar-refractivity contribution is 5.87. The fraction of sp³-hybridized carbons (Fsp3) is 0.364. The van der Waals surface area contributed by atoms with Crippen molar-refractivity contribution in [3.05, 3.63) is 23.8 Å².